The van der Waals surface area contributed by atoms with Gasteiger partial charge in [0, 0.05) is 18.7 Å². The van der Waals surface area contributed by atoms with Gasteiger partial charge in [-0.15, -0.1) is 0 Å². The van der Waals surface area contributed by atoms with Crippen molar-refractivity contribution in [3.8, 4) is 0 Å². The summed E-state index contributed by atoms with van der Waals surface area (Å²) in [7, 11) is 0. The van der Waals surface area contributed by atoms with E-state index in [1.165, 1.54) is 5.56 Å². The van der Waals surface area contributed by atoms with Gasteiger partial charge in [0.25, 0.3) is 5.91 Å². The summed E-state index contributed by atoms with van der Waals surface area (Å²) in [6.45, 7) is 12.9. The highest BCUT2D eigenvalue weighted by Crippen LogP contribution is 2.33. The van der Waals surface area contributed by atoms with E-state index in [9.17, 15) is 9.59 Å². The third-order valence-corrected chi connectivity index (χ3v) is 6.69. The molecule has 0 radical (unpaired) electrons. The molecule has 1 heterocycles. The first-order valence-corrected chi connectivity index (χ1v) is 11.3. The van der Waals surface area contributed by atoms with Crippen molar-refractivity contribution in [1.82, 2.24) is 0 Å². The molecular formula is C26H35N2O3+. The first-order valence-electron chi connectivity index (χ1n) is 11.3. The van der Waals surface area contributed by atoms with Crippen molar-refractivity contribution >= 4 is 17.6 Å². The maximum absolute atomic E-state index is 13.6. The first kappa shape index (κ1) is 23.0. The van der Waals surface area contributed by atoms with Crippen molar-refractivity contribution in [3.05, 3.63) is 64.7 Å². The lowest BCUT2D eigenvalue weighted by molar-refractivity contribution is -0.932. The van der Waals surface area contributed by atoms with Crippen LogP contribution in [0.15, 0.2) is 42.5 Å². The molecule has 2 aromatic carbocycles. The zero-order valence-corrected chi connectivity index (χ0v) is 19.5. The Balaban J connectivity index is 1.76. The maximum atomic E-state index is 13.6. The number of carbonyl (C=O) groups excluding carboxylic acids is 2. The topological polar surface area (TPSA) is 46.6 Å². The Morgan fingerprint density at radius 2 is 1.68 bits per heavy atom. The normalized spacial score (nSPS) is 16.6. The SMILES string of the molecule is CC[N+](CC)(CC(=O)OCc1ccccc1)C1CCN(c2c(C)cc(C)cc2C)C1=O. The first-order chi connectivity index (χ1) is 14.8. The predicted molar refractivity (Wildman–Crippen MR) is 124 cm³/mol. The molecule has 0 spiro atoms. The summed E-state index contributed by atoms with van der Waals surface area (Å²) in [5.41, 5.74) is 5.44. The summed E-state index contributed by atoms with van der Waals surface area (Å²) < 4.78 is 6.00. The van der Waals surface area contributed by atoms with E-state index in [-0.39, 0.29) is 31.1 Å². The van der Waals surface area contributed by atoms with Gasteiger partial charge < -0.3 is 14.1 Å². The molecule has 5 heteroatoms. The minimum atomic E-state index is -0.249. The van der Waals surface area contributed by atoms with Crippen LogP contribution in [-0.2, 0) is 20.9 Å². The van der Waals surface area contributed by atoms with E-state index in [0.29, 0.717) is 24.1 Å². The van der Waals surface area contributed by atoms with Crippen LogP contribution in [-0.4, -0.2) is 48.6 Å². The second-order valence-electron chi connectivity index (χ2n) is 8.70. The molecule has 31 heavy (non-hydrogen) atoms. The molecule has 0 bridgehead atoms. The van der Waals surface area contributed by atoms with Crippen LogP contribution in [0.4, 0.5) is 5.69 Å². The number of hydrogen-bond donors (Lipinski definition) is 0. The third-order valence-electron chi connectivity index (χ3n) is 6.69. The number of rotatable bonds is 8. The predicted octanol–water partition coefficient (Wildman–Crippen LogP) is 4.32. The average molecular weight is 424 g/mol. The number of amides is 1. The number of aryl methyl sites for hydroxylation is 3. The van der Waals surface area contributed by atoms with Crippen LogP contribution in [0.1, 0.15) is 42.5 Å². The van der Waals surface area contributed by atoms with Gasteiger partial charge in [-0.2, -0.15) is 0 Å². The number of nitrogens with zero attached hydrogens (tertiary/aromatic N) is 2. The van der Waals surface area contributed by atoms with Gasteiger partial charge in [0.05, 0.1) is 13.1 Å². The van der Waals surface area contributed by atoms with E-state index in [0.717, 1.165) is 28.8 Å². The van der Waals surface area contributed by atoms with Crippen LogP contribution >= 0.6 is 0 Å². The Bertz CT molecular complexity index is 912. The van der Waals surface area contributed by atoms with Crippen LogP contribution in [0.3, 0.4) is 0 Å². The fraction of sp³-hybridized carbons (Fsp3) is 0.462. The van der Waals surface area contributed by atoms with E-state index < -0.39 is 0 Å². The maximum Gasteiger partial charge on any atom is 0.362 e. The van der Waals surface area contributed by atoms with Crippen LogP contribution in [0.2, 0.25) is 0 Å². The monoisotopic (exact) mass is 423 g/mol. The average Bonchev–Trinajstić information content (AvgIpc) is 3.12. The molecule has 1 fully saturated rings. The largest absolute Gasteiger partial charge is 0.457 e. The highest BCUT2D eigenvalue weighted by molar-refractivity contribution is 6.00. The van der Waals surface area contributed by atoms with Crippen molar-refractivity contribution < 1.29 is 18.8 Å². The van der Waals surface area contributed by atoms with E-state index in [1.807, 2.05) is 35.2 Å². The van der Waals surface area contributed by atoms with Gasteiger partial charge in [0.15, 0.2) is 12.6 Å². The van der Waals surface area contributed by atoms with Crippen molar-refractivity contribution in [1.29, 1.82) is 0 Å². The summed E-state index contributed by atoms with van der Waals surface area (Å²) >= 11 is 0. The molecular weight excluding hydrogens is 388 g/mol. The summed E-state index contributed by atoms with van der Waals surface area (Å²) in [5, 5.41) is 0. The molecule has 0 aromatic heterocycles. The smallest absolute Gasteiger partial charge is 0.362 e. The molecule has 0 N–H and O–H groups in total. The van der Waals surface area contributed by atoms with Gasteiger partial charge in [-0.05, 0) is 51.3 Å². The second-order valence-corrected chi connectivity index (χ2v) is 8.70. The van der Waals surface area contributed by atoms with E-state index in [1.54, 1.807) is 0 Å². The lowest BCUT2D eigenvalue weighted by atomic mass is 10.0. The van der Waals surface area contributed by atoms with E-state index >= 15 is 0 Å². The molecule has 1 unspecified atom stereocenters. The fourth-order valence-corrected chi connectivity index (χ4v) is 5.03. The Hall–Kier alpha value is -2.66. The molecule has 166 valence electrons. The van der Waals surface area contributed by atoms with E-state index in [4.69, 9.17) is 4.74 Å². The number of ether oxygens (including phenoxy) is 1. The van der Waals surface area contributed by atoms with Crippen molar-refractivity contribution in [2.24, 2.45) is 0 Å². The van der Waals surface area contributed by atoms with Gasteiger partial charge in [-0.3, -0.25) is 4.79 Å². The van der Waals surface area contributed by atoms with Crippen molar-refractivity contribution in [2.75, 3.05) is 31.1 Å². The molecule has 1 aliphatic heterocycles. The van der Waals surface area contributed by atoms with Crippen LogP contribution in [0, 0.1) is 20.8 Å². The Labute approximate surface area is 186 Å². The lowest BCUT2D eigenvalue weighted by Crippen LogP contribution is -2.60. The number of esters is 1. The number of carbonyl (C=O) groups is 2. The Kier molecular flexibility index (Phi) is 7.16. The van der Waals surface area contributed by atoms with Crippen LogP contribution < -0.4 is 4.90 Å². The second kappa shape index (κ2) is 9.65. The number of anilines is 1. The third kappa shape index (κ3) is 4.82. The molecule has 1 atom stereocenters. The van der Waals surface area contributed by atoms with E-state index in [2.05, 4.69) is 46.8 Å². The number of hydrogen-bond acceptors (Lipinski definition) is 3. The summed E-state index contributed by atoms with van der Waals surface area (Å²) in [5.74, 6) is -0.129. The van der Waals surface area contributed by atoms with Gasteiger partial charge in [-0.25, -0.2) is 4.79 Å². The molecule has 1 saturated heterocycles. The highest BCUT2D eigenvalue weighted by Gasteiger charge is 2.48. The summed E-state index contributed by atoms with van der Waals surface area (Å²) in [6.07, 6.45) is 0.749. The number of benzene rings is 2. The summed E-state index contributed by atoms with van der Waals surface area (Å²) in [4.78, 5) is 28.3. The van der Waals surface area contributed by atoms with Crippen LogP contribution in [0.25, 0.3) is 0 Å². The zero-order chi connectivity index (χ0) is 22.6. The van der Waals surface area contributed by atoms with Gasteiger partial charge in [0.1, 0.15) is 6.61 Å². The van der Waals surface area contributed by atoms with Gasteiger partial charge in [0.2, 0.25) is 0 Å². The molecule has 0 saturated carbocycles. The van der Waals surface area contributed by atoms with Crippen molar-refractivity contribution in [2.45, 2.75) is 53.7 Å². The fourth-order valence-electron chi connectivity index (χ4n) is 5.03. The zero-order valence-electron chi connectivity index (χ0n) is 19.5. The lowest BCUT2D eigenvalue weighted by Gasteiger charge is -2.40. The van der Waals surface area contributed by atoms with Crippen molar-refractivity contribution in [3.63, 3.8) is 0 Å². The number of likely N-dealkylation sites (N-methyl/N-ethyl adjacent to an activating group) is 1. The summed E-state index contributed by atoms with van der Waals surface area (Å²) in [6, 6.07) is 13.7. The Morgan fingerprint density at radius 1 is 1.06 bits per heavy atom. The molecule has 3 rings (SSSR count). The highest BCUT2D eigenvalue weighted by atomic mass is 16.5. The standard InChI is InChI=1S/C26H35N2O3/c1-6-28(7-2,17-24(29)31-18-22-11-9-8-10-12-22)23-13-14-27(26(23)30)25-20(4)15-19(3)16-21(25)5/h8-12,15-16,23H,6-7,13-14,17-18H2,1-5H3/q+1. The van der Waals surface area contributed by atoms with Gasteiger partial charge >= 0.3 is 5.97 Å². The molecule has 1 aliphatic rings. The molecule has 5 nitrogen and oxygen atoms in total. The molecule has 0 aliphatic carbocycles. The minimum Gasteiger partial charge on any atom is -0.457 e. The van der Waals surface area contributed by atoms with Crippen LogP contribution in [0.5, 0.6) is 0 Å². The van der Waals surface area contributed by atoms with Gasteiger partial charge in [-0.1, -0.05) is 48.0 Å². The Morgan fingerprint density at radius 3 is 2.26 bits per heavy atom. The number of quaternary nitrogens is 1. The quantitative estimate of drug-likeness (QED) is 0.469. The molecule has 1 amide bonds. The minimum absolute atomic E-state index is 0.120. The molecule has 2 aromatic rings.